The van der Waals surface area contributed by atoms with E-state index in [1.54, 1.807) is 11.0 Å². The Morgan fingerprint density at radius 2 is 2.05 bits per heavy atom. The van der Waals surface area contributed by atoms with Crippen molar-refractivity contribution in [2.24, 2.45) is 0 Å². The number of anilines is 1. The Morgan fingerprint density at radius 1 is 1.27 bits per heavy atom. The molecule has 1 amide bonds. The van der Waals surface area contributed by atoms with Crippen molar-refractivity contribution in [3.05, 3.63) is 54.4 Å². The molecule has 22 heavy (non-hydrogen) atoms. The van der Waals surface area contributed by atoms with Crippen LogP contribution in [0, 0.1) is 0 Å². The molecule has 114 valence electrons. The largest absolute Gasteiger partial charge is 0.308 e. The molecule has 0 saturated heterocycles. The van der Waals surface area contributed by atoms with Gasteiger partial charge < -0.3 is 4.90 Å². The first-order chi connectivity index (χ1) is 10.5. The predicted octanol–water partition coefficient (Wildman–Crippen LogP) is 1.83. The van der Waals surface area contributed by atoms with Crippen molar-refractivity contribution in [2.45, 2.75) is 24.3 Å². The molecule has 0 radical (unpaired) electrons. The van der Waals surface area contributed by atoms with E-state index in [0.717, 1.165) is 17.7 Å². The third kappa shape index (κ3) is 2.62. The van der Waals surface area contributed by atoms with Crippen LogP contribution in [0.4, 0.5) is 5.69 Å². The number of amides is 1. The molecule has 0 bridgehead atoms. The van der Waals surface area contributed by atoms with Crippen LogP contribution in [0.1, 0.15) is 12.5 Å². The number of aromatic nitrogens is 1. The van der Waals surface area contributed by atoms with Gasteiger partial charge in [-0.2, -0.15) is 0 Å². The number of para-hydroxylation sites is 1. The summed E-state index contributed by atoms with van der Waals surface area (Å²) in [5.41, 5.74) is 1.88. The van der Waals surface area contributed by atoms with Crippen LogP contribution in [-0.4, -0.2) is 31.1 Å². The molecular formula is C16H16N2O3S. The van der Waals surface area contributed by atoms with Gasteiger partial charge in [-0.1, -0.05) is 18.2 Å². The van der Waals surface area contributed by atoms with Crippen LogP contribution in [0.15, 0.2) is 53.7 Å². The van der Waals surface area contributed by atoms with Gasteiger partial charge in [-0.3, -0.25) is 9.78 Å². The number of fused-ring (bicyclic) bond motifs is 1. The van der Waals surface area contributed by atoms with Gasteiger partial charge in [0.2, 0.25) is 5.91 Å². The van der Waals surface area contributed by atoms with Gasteiger partial charge in [0.05, 0.1) is 4.90 Å². The summed E-state index contributed by atoms with van der Waals surface area (Å²) in [6.45, 7) is 1.93. The van der Waals surface area contributed by atoms with Crippen molar-refractivity contribution in [3.8, 4) is 0 Å². The second-order valence-electron chi connectivity index (χ2n) is 5.39. The molecule has 1 atom stereocenters. The lowest BCUT2D eigenvalue weighted by Crippen LogP contribution is -2.39. The molecule has 6 heteroatoms. The minimum Gasteiger partial charge on any atom is -0.308 e. The third-order valence-corrected chi connectivity index (χ3v) is 5.37. The van der Waals surface area contributed by atoms with Gasteiger partial charge >= 0.3 is 0 Å². The van der Waals surface area contributed by atoms with E-state index in [-0.39, 0.29) is 10.9 Å². The first-order valence-corrected chi connectivity index (χ1v) is 8.67. The number of pyridine rings is 1. The molecule has 2 heterocycles. The second kappa shape index (κ2) is 5.53. The topological polar surface area (TPSA) is 67.3 Å². The van der Waals surface area contributed by atoms with E-state index in [2.05, 4.69) is 4.98 Å². The van der Waals surface area contributed by atoms with Gasteiger partial charge in [-0.15, -0.1) is 0 Å². The average molecular weight is 316 g/mol. The van der Waals surface area contributed by atoms with Crippen molar-refractivity contribution in [1.82, 2.24) is 4.98 Å². The maximum absolute atomic E-state index is 12.5. The molecule has 0 N–H and O–H groups in total. The molecule has 0 saturated carbocycles. The van der Waals surface area contributed by atoms with Crippen LogP contribution in [-0.2, 0) is 21.1 Å². The summed E-state index contributed by atoms with van der Waals surface area (Å²) in [4.78, 5) is 18.0. The van der Waals surface area contributed by atoms with Crippen molar-refractivity contribution in [2.75, 3.05) is 10.7 Å². The first-order valence-electron chi connectivity index (χ1n) is 7.02. The molecule has 0 aliphatic carbocycles. The molecule has 0 fully saturated rings. The molecule has 1 aromatic carbocycles. The highest BCUT2D eigenvalue weighted by Gasteiger charge is 2.33. The van der Waals surface area contributed by atoms with Crippen molar-refractivity contribution >= 4 is 21.4 Å². The van der Waals surface area contributed by atoms with Gasteiger partial charge in [0.1, 0.15) is 5.75 Å². The number of rotatable bonds is 3. The van der Waals surface area contributed by atoms with Crippen LogP contribution in [0.5, 0.6) is 0 Å². The summed E-state index contributed by atoms with van der Waals surface area (Å²) in [5.74, 6) is -0.946. The maximum atomic E-state index is 12.5. The van der Waals surface area contributed by atoms with Gasteiger partial charge in [-0.25, -0.2) is 8.42 Å². The smallest absolute Gasteiger partial charge is 0.242 e. The Labute approximate surface area is 129 Å². The predicted molar refractivity (Wildman–Crippen MR) is 83.4 cm³/mol. The second-order valence-corrected chi connectivity index (χ2v) is 7.38. The first kappa shape index (κ1) is 14.7. The third-order valence-electron chi connectivity index (χ3n) is 3.78. The Balaban J connectivity index is 1.87. The van der Waals surface area contributed by atoms with Crippen LogP contribution in [0.25, 0.3) is 0 Å². The lowest BCUT2D eigenvalue weighted by atomic mass is 10.1. The van der Waals surface area contributed by atoms with Crippen LogP contribution < -0.4 is 4.90 Å². The van der Waals surface area contributed by atoms with Gasteiger partial charge in [0, 0.05) is 24.1 Å². The summed E-state index contributed by atoms with van der Waals surface area (Å²) in [5, 5.41) is 0. The summed E-state index contributed by atoms with van der Waals surface area (Å²) < 4.78 is 24.7. The number of carbonyl (C=O) groups excluding carboxylic acids is 1. The maximum Gasteiger partial charge on any atom is 0.242 e. The normalized spacial score (nSPS) is 17.3. The number of nitrogens with zero attached hydrogens (tertiary/aromatic N) is 2. The molecule has 1 aromatic heterocycles. The molecule has 0 unspecified atom stereocenters. The average Bonchev–Trinajstić information content (AvgIpc) is 2.83. The monoisotopic (exact) mass is 316 g/mol. The number of sulfone groups is 1. The highest BCUT2D eigenvalue weighted by molar-refractivity contribution is 7.92. The minimum absolute atomic E-state index is 0.0333. The Morgan fingerprint density at radius 3 is 2.77 bits per heavy atom. The number of carbonyl (C=O) groups is 1. The standard InChI is InChI=1S/C16H16N2O3S/c1-12-9-13-5-2-3-7-15(13)18(12)16(19)11-22(20,21)14-6-4-8-17-10-14/h2-8,10,12H,9,11H2,1H3/t12-/m0/s1. The van der Waals surface area contributed by atoms with E-state index in [1.807, 2.05) is 31.2 Å². The van der Waals surface area contributed by atoms with E-state index in [1.165, 1.54) is 18.5 Å². The summed E-state index contributed by atoms with van der Waals surface area (Å²) in [6.07, 6.45) is 3.51. The SMILES string of the molecule is C[C@H]1Cc2ccccc2N1C(=O)CS(=O)(=O)c1cccnc1. The van der Waals surface area contributed by atoms with Gasteiger partial charge in [0.25, 0.3) is 0 Å². The quantitative estimate of drug-likeness (QED) is 0.866. The zero-order valence-corrected chi connectivity index (χ0v) is 13.0. The fraction of sp³-hybridized carbons (Fsp3) is 0.250. The molecule has 3 rings (SSSR count). The molecule has 5 nitrogen and oxygen atoms in total. The van der Waals surface area contributed by atoms with E-state index in [0.29, 0.717) is 0 Å². The Kier molecular flexibility index (Phi) is 3.70. The molecule has 0 spiro atoms. The van der Waals surface area contributed by atoms with Crippen LogP contribution in [0.3, 0.4) is 0 Å². The summed E-state index contributed by atoms with van der Waals surface area (Å²) in [6, 6.07) is 10.6. The fourth-order valence-electron chi connectivity index (χ4n) is 2.79. The van der Waals surface area contributed by atoms with Crippen molar-refractivity contribution in [3.63, 3.8) is 0 Å². The highest BCUT2D eigenvalue weighted by Crippen LogP contribution is 2.32. The minimum atomic E-state index is -3.68. The molecule has 1 aliphatic rings. The zero-order chi connectivity index (χ0) is 15.7. The highest BCUT2D eigenvalue weighted by atomic mass is 32.2. The lowest BCUT2D eigenvalue weighted by molar-refractivity contribution is -0.116. The summed E-state index contributed by atoms with van der Waals surface area (Å²) >= 11 is 0. The lowest BCUT2D eigenvalue weighted by Gasteiger charge is -2.22. The fourth-order valence-corrected chi connectivity index (χ4v) is 3.93. The molecular weight excluding hydrogens is 300 g/mol. The zero-order valence-electron chi connectivity index (χ0n) is 12.1. The van der Waals surface area contributed by atoms with Crippen molar-refractivity contribution in [1.29, 1.82) is 0 Å². The van der Waals surface area contributed by atoms with E-state index < -0.39 is 21.5 Å². The Hall–Kier alpha value is -2.21. The van der Waals surface area contributed by atoms with Gasteiger partial charge in [0.15, 0.2) is 9.84 Å². The Bertz CT molecular complexity index is 803. The van der Waals surface area contributed by atoms with E-state index >= 15 is 0 Å². The number of hydrogen-bond donors (Lipinski definition) is 0. The molecule has 2 aromatic rings. The number of hydrogen-bond acceptors (Lipinski definition) is 4. The molecule has 1 aliphatic heterocycles. The van der Waals surface area contributed by atoms with Gasteiger partial charge in [-0.05, 0) is 37.1 Å². The van der Waals surface area contributed by atoms with E-state index in [9.17, 15) is 13.2 Å². The van der Waals surface area contributed by atoms with Crippen LogP contribution in [0.2, 0.25) is 0 Å². The van der Waals surface area contributed by atoms with Crippen LogP contribution >= 0.6 is 0 Å². The number of benzene rings is 1. The summed E-state index contributed by atoms with van der Waals surface area (Å²) in [7, 11) is -3.68. The van der Waals surface area contributed by atoms with E-state index in [4.69, 9.17) is 0 Å². The van der Waals surface area contributed by atoms with Crippen molar-refractivity contribution < 1.29 is 13.2 Å².